The van der Waals surface area contributed by atoms with Crippen LogP contribution in [0.3, 0.4) is 0 Å². The maximum atomic E-state index is 5.97. The van der Waals surface area contributed by atoms with E-state index in [-0.39, 0.29) is 12.0 Å². The van der Waals surface area contributed by atoms with Crippen LogP contribution in [-0.4, -0.2) is 40.1 Å². The van der Waals surface area contributed by atoms with Crippen LogP contribution < -0.4 is 0 Å². The summed E-state index contributed by atoms with van der Waals surface area (Å²) in [5, 5.41) is 0. The topological polar surface area (TPSA) is 40.2 Å². The van der Waals surface area contributed by atoms with Gasteiger partial charge in [0, 0.05) is 25.7 Å². The minimum atomic E-state index is -0.769. The van der Waals surface area contributed by atoms with Crippen molar-refractivity contribution in [3.63, 3.8) is 0 Å². The van der Waals surface area contributed by atoms with Crippen LogP contribution in [0, 0.1) is 5.92 Å². The predicted octanol–water partition coefficient (Wildman–Crippen LogP) is 4.91. The highest BCUT2D eigenvalue weighted by Gasteiger charge is 2.41. The summed E-state index contributed by atoms with van der Waals surface area (Å²) in [6.45, 7) is 4.35. The molecule has 4 heteroatoms. The molecule has 0 bridgehead atoms. The smallest absolute Gasteiger partial charge is 0.199 e. The molecule has 0 amide bonds. The lowest BCUT2D eigenvalue weighted by Crippen LogP contribution is -2.42. The maximum absolute atomic E-state index is 5.97. The van der Waals surface area contributed by atoms with E-state index in [1.807, 2.05) is 18.2 Å². The molecule has 2 rings (SSSR count). The molecule has 0 radical (unpaired) electrons. The van der Waals surface area contributed by atoms with Crippen molar-refractivity contribution >= 4 is 0 Å². The lowest BCUT2D eigenvalue weighted by molar-refractivity contribution is -0.260. The van der Waals surface area contributed by atoms with Crippen LogP contribution in [-0.2, 0) is 24.7 Å². The van der Waals surface area contributed by atoms with Crippen molar-refractivity contribution < 1.29 is 18.9 Å². The molecule has 1 aliphatic heterocycles. The lowest BCUT2D eigenvalue weighted by Gasteiger charge is -2.38. The first-order valence-corrected chi connectivity index (χ1v) is 10.1. The van der Waals surface area contributed by atoms with Gasteiger partial charge in [-0.3, -0.25) is 0 Å². The summed E-state index contributed by atoms with van der Waals surface area (Å²) < 4.78 is 23.2. The van der Waals surface area contributed by atoms with Gasteiger partial charge in [-0.25, -0.2) is 0 Å². The standard InChI is InChI=1S/C22H36O4/c1-4-5-6-7-8-10-15-20(16-25-17-21-18-26-21)22(23-2,24-3)19-13-11-9-12-14-19/h9,11-14,20-21H,4-8,10,15-18H2,1-3H3. The number of hydrogen-bond donors (Lipinski definition) is 0. The number of unbranched alkanes of at least 4 members (excludes halogenated alkanes) is 5. The Hall–Kier alpha value is -0.940. The van der Waals surface area contributed by atoms with E-state index in [0.717, 1.165) is 18.6 Å². The Bertz CT molecular complexity index is 468. The Morgan fingerprint density at radius 3 is 2.31 bits per heavy atom. The molecule has 1 fully saturated rings. The van der Waals surface area contributed by atoms with Gasteiger partial charge < -0.3 is 18.9 Å². The molecule has 1 aromatic rings. The molecule has 1 aromatic carbocycles. The third kappa shape index (κ3) is 6.34. The molecule has 1 aliphatic rings. The number of ether oxygens (including phenoxy) is 4. The summed E-state index contributed by atoms with van der Waals surface area (Å²) in [6.07, 6.45) is 8.96. The Kier molecular flexibility index (Phi) is 9.62. The van der Waals surface area contributed by atoms with Gasteiger partial charge >= 0.3 is 0 Å². The van der Waals surface area contributed by atoms with Gasteiger partial charge in [0.1, 0.15) is 6.10 Å². The van der Waals surface area contributed by atoms with Gasteiger partial charge in [0.2, 0.25) is 0 Å². The van der Waals surface area contributed by atoms with Gasteiger partial charge in [0.25, 0.3) is 0 Å². The van der Waals surface area contributed by atoms with Crippen molar-refractivity contribution in [1.29, 1.82) is 0 Å². The first-order valence-electron chi connectivity index (χ1n) is 10.1. The number of rotatable bonds is 15. The van der Waals surface area contributed by atoms with Gasteiger partial charge in [-0.15, -0.1) is 0 Å². The summed E-state index contributed by atoms with van der Waals surface area (Å²) in [5.41, 5.74) is 1.05. The van der Waals surface area contributed by atoms with Gasteiger partial charge in [-0.2, -0.15) is 0 Å². The van der Waals surface area contributed by atoms with Crippen molar-refractivity contribution in [2.45, 2.75) is 63.8 Å². The predicted molar refractivity (Wildman–Crippen MR) is 104 cm³/mol. The molecule has 1 saturated heterocycles. The second-order valence-corrected chi connectivity index (χ2v) is 7.19. The average molecular weight is 365 g/mol. The van der Waals surface area contributed by atoms with E-state index in [2.05, 4.69) is 19.1 Å². The van der Waals surface area contributed by atoms with E-state index in [9.17, 15) is 0 Å². The van der Waals surface area contributed by atoms with Crippen molar-refractivity contribution in [3.8, 4) is 0 Å². The van der Waals surface area contributed by atoms with Crippen LogP contribution in [0.15, 0.2) is 30.3 Å². The van der Waals surface area contributed by atoms with E-state index in [1.165, 1.54) is 38.5 Å². The Morgan fingerprint density at radius 2 is 1.69 bits per heavy atom. The Morgan fingerprint density at radius 1 is 1.04 bits per heavy atom. The SMILES string of the molecule is CCCCCCCCC(COCC1CO1)C(OC)(OC)c1ccccc1. The quantitative estimate of drug-likeness (QED) is 0.252. The summed E-state index contributed by atoms with van der Waals surface area (Å²) >= 11 is 0. The van der Waals surface area contributed by atoms with Crippen molar-refractivity contribution in [1.82, 2.24) is 0 Å². The lowest BCUT2D eigenvalue weighted by atomic mass is 9.87. The zero-order valence-corrected chi connectivity index (χ0v) is 16.7. The number of epoxide rings is 1. The molecular weight excluding hydrogens is 328 g/mol. The van der Waals surface area contributed by atoms with E-state index >= 15 is 0 Å². The van der Waals surface area contributed by atoms with E-state index < -0.39 is 5.79 Å². The number of benzene rings is 1. The van der Waals surface area contributed by atoms with Crippen molar-refractivity contribution in [3.05, 3.63) is 35.9 Å². The molecule has 2 unspecified atom stereocenters. The fourth-order valence-electron chi connectivity index (χ4n) is 3.62. The van der Waals surface area contributed by atoms with E-state index in [0.29, 0.717) is 13.2 Å². The zero-order valence-electron chi connectivity index (χ0n) is 16.7. The highest BCUT2D eigenvalue weighted by molar-refractivity contribution is 5.21. The molecule has 26 heavy (non-hydrogen) atoms. The fraction of sp³-hybridized carbons (Fsp3) is 0.727. The van der Waals surface area contributed by atoms with Gasteiger partial charge in [0.15, 0.2) is 5.79 Å². The fourth-order valence-corrected chi connectivity index (χ4v) is 3.62. The first kappa shape index (κ1) is 21.4. The summed E-state index contributed by atoms with van der Waals surface area (Å²) in [7, 11) is 3.46. The second kappa shape index (κ2) is 11.7. The number of methoxy groups -OCH3 is 2. The average Bonchev–Trinajstić information content (AvgIpc) is 3.50. The Balaban J connectivity index is 1.99. The minimum Gasteiger partial charge on any atom is -0.378 e. The largest absolute Gasteiger partial charge is 0.378 e. The van der Waals surface area contributed by atoms with Gasteiger partial charge in [-0.1, -0.05) is 75.8 Å². The van der Waals surface area contributed by atoms with Crippen LogP contribution in [0.4, 0.5) is 0 Å². The van der Waals surface area contributed by atoms with Gasteiger partial charge in [-0.05, 0) is 6.42 Å². The molecule has 1 heterocycles. The molecule has 0 saturated carbocycles. The summed E-state index contributed by atoms with van der Waals surface area (Å²) in [6, 6.07) is 10.2. The third-order valence-corrected chi connectivity index (χ3v) is 5.25. The second-order valence-electron chi connectivity index (χ2n) is 7.19. The summed E-state index contributed by atoms with van der Waals surface area (Å²) in [5.74, 6) is -0.625. The Labute approximate surface area is 159 Å². The monoisotopic (exact) mass is 364 g/mol. The molecule has 148 valence electrons. The van der Waals surface area contributed by atoms with Crippen LogP contribution >= 0.6 is 0 Å². The molecule has 0 spiro atoms. The van der Waals surface area contributed by atoms with Crippen LogP contribution in [0.25, 0.3) is 0 Å². The van der Waals surface area contributed by atoms with Crippen LogP contribution in [0.5, 0.6) is 0 Å². The summed E-state index contributed by atoms with van der Waals surface area (Å²) in [4.78, 5) is 0. The zero-order chi connectivity index (χ0) is 18.7. The normalized spacial score (nSPS) is 18.0. The highest BCUT2D eigenvalue weighted by atomic mass is 16.7. The first-order chi connectivity index (χ1) is 12.8. The van der Waals surface area contributed by atoms with Crippen LogP contribution in [0.1, 0.15) is 57.4 Å². The minimum absolute atomic E-state index is 0.143. The molecule has 0 aromatic heterocycles. The molecule has 4 nitrogen and oxygen atoms in total. The third-order valence-electron chi connectivity index (χ3n) is 5.25. The van der Waals surface area contributed by atoms with Crippen molar-refractivity contribution in [2.24, 2.45) is 5.92 Å². The highest BCUT2D eigenvalue weighted by Crippen LogP contribution is 2.37. The molecule has 0 N–H and O–H groups in total. The van der Waals surface area contributed by atoms with E-state index in [4.69, 9.17) is 18.9 Å². The molecule has 2 atom stereocenters. The van der Waals surface area contributed by atoms with E-state index in [1.54, 1.807) is 14.2 Å². The van der Waals surface area contributed by atoms with Crippen molar-refractivity contribution in [2.75, 3.05) is 34.0 Å². The van der Waals surface area contributed by atoms with Gasteiger partial charge in [0.05, 0.1) is 19.8 Å². The van der Waals surface area contributed by atoms with Crippen LogP contribution in [0.2, 0.25) is 0 Å². The molecule has 0 aliphatic carbocycles. The molecular formula is C22H36O4. The maximum Gasteiger partial charge on any atom is 0.199 e. The number of hydrogen-bond acceptors (Lipinski definition) is 4.